The maximum Gasteiger partial charge on any atom is 0.128 e. The molecular formula is C10H16ClN3. The van der Waals surface area contributed by atoms with Gasteiger partial charge in [0.25, 0.3) is 0 Å². The second kappa shape index (κ2) is 5.17. The molecule has 1 unspecified atom stereocenters. The summed E-state index contributed by atoms with van der Waals surface area (Å²) in [4.78, 5) is 4.19. The van der Waals surface area contributed by atoms with E-state index in [1.807, 2.05) is 17.7 Å². The lowest BCUT2D eigenvalue weighted by atomic mass is 10.2. The number of nitrogens with one attached hydrogen (secondary N) is 1. The van der Waals surface area contributed by atoms with Crippen molar-refractivity contribution in [1.29, 1.82) is 0 Å². The van der Waals surface area contributed by atoms with Gasteiger partial charge in [0, 0.05) is 13.1 Å². The molecule has 78 valence electrons. The van der Waals surface area contributed by atoms with Crippen LogP contribution in [0.5, 0.6) is 0 Å². The highest BCUT2D eigenvalue weighted by Crippen LogP contribution is 2.08. The molecule has 1 aromatic rings. The molecule has 0 aliphatic heterocycles. The molecule has 14 heavy (non-hydrogen) atoms. The molecule has 0 fully saturated rings. The Morgan fingerprint density at radius 2 is 2.50 bits per heavy atom. The van der Waals surface area contributed by atoms with Crippen molar-refractivity contribution in [2.75, 3.05) is 0 Å². The fraction of sp³-hybridized carbons (Fsp3) is 0.500. The van der Waals surface area contributed by atoms with Gasteiger partial charge in [-0.05, 0) is 13.3 Å². The van der Waals surface area contributed by atoms with E-state index >= 15 is 0 Å². The highest BCUT2D eigenvalue weighted by Gasteiger charge is 2.05. The minimum atomic E-state index is 0.419. The molecule has 1 rings (SSSR count). The summed E-state index contributed by atoms with van der Waals surface area (Å²) < 4.78 is 1.87. The minimum Gasteiger partial charge on any atom is -0.321 e. The van der Waals surface area contributed by atoms with Gasteiger partial charge >= 0.3 is 0 Å². The first-order chi connectivity index (χ1) is 6.65. The molecule has 0 saturated heterocycles. The summed E-state index contributed by atoms with van der Waals surface area (Å²) in [5.74, 6) is 0.950. The fourth-order valence-corrected chi connectivity index (χ4v) is 1.33. The molecule has 3 nitrogen and oxygen atoms in total. The van der Waals surface area contributed by atoms with Gasteiger partial charge in [-0.3, -0.25) is 0 Å². The van der Waals surface area contributed by atoms with E-state index in [4.69, 9.17) is 11.6 Å². The Balaban J connectivity index is 2.45. The molecule has 0 radical (unpaired) electrons. The zero-order valence-corrected chi connectivity index (χ0v) is 9.38. The predicted octanol–water partition coefficient (Wildman–Crippen LogP) is 2.13. The van der Waals surface area contributed by atoms with Crippen LogP contribution in [0.2, 0.25) is 5.15 Å². The van der Waals surface area contributed by atoms with Gasteiger partial charge in [0.1, 0.15) is 11.0 Å². The van der Waals surface area contributed by atoms with Crippen molar-refractivity contribution in [2.24, 2.45) is 7.05 Å². The first-order valence-electron chi connectivity index (χ1n) is 4.65. The molecule has 1 aromatic heterocycles. The summed E-state index contributed by atoms with van der Waals surface area (Å²) in [6.07, 6.45) is 4.53. The molecule has 1 N–H and O–H groups in total. The Morgan fingerprint density at radius 1 is 1.79 bits per heavy atom. The molecule has 1 atom stereocenters. The van der Waals surface area contributed by atoms with Crippen LogP contribution in [-0.4, -0.2) is 15.6 Å². The average Bonchev–Trinajstić information content (AvgIpc) is 2.46. The number of halogens is 1. The second-order valence-electron chi connectivity index (χ2n) is 3.36. The van der Waals surface area contributed by atoms with Crippen molar-refractivity contribution in [3.8, 4) is 0 Å². The largest absolute Gasteiger partial charge is 0.321 e. The first kappa shape index (κ1) is 11.3. The third-order valence-corrected chi connectivity index (χ3v) is 2.51. The van der Waals surface area contributed by atoms with Gasteiger partial charge < -0.3 is 9.88 Å². The van der Waals surface area contributed by atoms with Crippen LogP contribution in [0.15, 0.2) is 18.9 Å². The van der Waals surface area contributed by atoms with E-state index < -0.39 is 0 Å². The fourth-order valence-electron chi connectivity index (χ4n) is 1.19. The van der Waals surface area contributed by atoms with Crippen LogP contribution in [0.4, 0.5) is 0 Å². The van der Waals surface area contributed by atoms with Crippen LogP contribution >= 0.6 is 11.6 Å². The molecular weight excluding hydrogens is 198 g/mol. The maximum atomic E-state index is 5.86. The Kier molecular flexibility index (Phi) is 4.17. The van der Waals surface area contributed by atoms with Crippen molar-refractivity contribution in [3.05, 3.63) is 29.8 Å². The van der Waals surface area contributed by atoms with Gasteiger partial charge in [-0.15, -0.1) is 6.58 Å². The quantitative estimate of drug-likeness (QED) is 0.760. The van der Waals surface area contributed by atoms with Crippen LogP contribution in [0.1, 0.15) is 19.2 Å². The van der Waals surface area contributed by atoms with Gasteiger partial charge in [-0.2, -0.15) is 0 Å². The van der Waals surface area contributed by atoms with Crippen LogP contribution < -0.4 is 5.32 Å². The Hall–Kier alpha value is -0.800. The number of nitrogens with zero attached hydrogens (tertiary/aromatic N) is 2. The number of aromatic nitrogens is 2. The van der Waals surface area contributed by atoms with Gasteiger partial charge in [0.05, 0.1) is 12.7 Å². The van der Waals surface area contributed by atoms with E-state index in [0.717, 1.165) is 18.8 Å². The highest BCUT2D eigenvalue weighted by atomic mass is 35.5. The normalized spacial score (nSPS) is 12.8. The van der Waals surface area contributed by atoms with Gasteiger partial charge in [-0.1, -0.05) is 17.7 Å². The molecule has 0 aliphatic rings. The van der Waals surface area contributed by atoms with Crippen molar-refractivity contribution in [1.82, 2.24) is 14.9 Å². The standard InChI is InChI=1S/C10H16ClN3/c1-4-5-8(2)12-7-10-13-6-9(11)14(10)3/h4,6,8,12H,1,5,7H2,2-3H3. The van der Waals surface area contributed by atoms with Gasteiger partial charge in [-0.25, -0.2) is 4.98 Å². The smallest absolute Gasteiger partial charge is 0.128 e. The average molecular weight is 214 g/mol. The summed E-state index contributed by atoms with van der Waals surface area (Å²) in [5, 5.41) is 4.01. The molecule has 0 aliphatic carbocycles. The summed E-state index contributed by atoms with van der Waals surface area (Å²) >= 11 is 5.86. The SMILES string of the molecule is C=CCC(C)NCc1ncc(Cl)n1C. The zero-order chi connectivity index (χ0) is 10.6. The van der Waals surface area contributed by atoms with E-state index in [0.29, 0.717) is 11.2 Å². The maximum absolute atomic E-state index is 5.86. The Morgan fingerprint density at radius 3 is 3.00 bits per heavy atom. The first-order valence-corrected chi connectivity index (χ1v) is 5.03. The third-order valence-electron chi connectivity index (χ3n) is 2.16. The number of imidazole rings is 1. The molecule has 0 aromatic carbocycles. The van der Waals surface area contributed by atoms with Crippen LogP contribution in [-0.2, 0) is 13.6 Å². The van der Waals surface area contributed by atoms with Gasteiger partial charge in [0.2, 0.25) is 0 Å². The van der Waals surface area contributed by atoms with Crippen LogP contribution in [0.3, 0.4) is 0 Å². The lowest BCUT2D eigenvalue weighted by Gasteiger charge is -2.11. The number of hydrogen-bond donors (Lipinski definition) is 1. The van der Waals surface area contributed by atoms with Crippen molar-refractivity contribution < 1.29 is 0 Å². The molecule has 0 amide bonds. The Bertz CT molecular complexity index is 306. The monoisotopic (exact) mass is 213 g/mol. The van der Waals surface area contributed by atoms with Crippen LogP contribution in [0.25, 0.3) is 0 Å². The molecule has 0 spiro atoms. The summed E-state index contributed by atoms with van der Waals surface area (Å²) in [7, 11) is 1.91. The van der Waals surface area contributed by atoms with E-state index in [1.54, 1.807) is 6.20 Å². The van der Waals surface area contributed by atoms with E-state index in [2.05, 4.69) is 23.8 Å². The lowest BCUT2D eigenvalue weighted by Crippen LogP contribution is -2.26. The van der Waals surface area contributed by atoms with E-state index in [1.165, 1.54) is 0 Å². The van der Waals surface area contributed by atoms with Crippen LogP contribution in [0, 0.1) is 0 Å². The molecule has 0 saturated carbocycles. The minimum absolute atomic E-state index is 0.419. The predicted molar refractivity (Wildman–Crippen MR) is 59.3 cm³/mol. The zero-order valence-electron chi connectivity index (χ0n) is 8.63. The molecule has 0 bridgehead atoms. The highest BCUT2D eigenvalue weighted by molar-refractivity contribution is 6.29. The molecule has 1 heterocycles. The van der Waals surface area contributed by atoms with Crippen molar-refractivity contribution in [3.63, 3.8) is 0 Å². The summed E-state index contributed by atoms with van der Waals surface area (Å²) in [6, 6.07) is 0.419. The number of rotatable bonds is 5. The van der Waals surface area contributed by atoms with E-state index in [9.17, 15) is 0 Å². The van der Waals surface area contributed by atoms with Crippen molar-refractivity contribution >= 4 is 11.6 Å². The molecule has 4 heteroatoms. The topological polar surface area (TPSA) is 29.9 Å². The van der Waals surface area contributed by atoms with Crippen molar-refractivity contribution in [2.45, 2.75) is 25.9 Å². The summed E-state index contributed by atoms with van der Waals surface area (Å²) in [5.41, 5.74) is 0. The second-order valence-corrected chi connectivity index (χ2v) is 3.75. The third kappa shape index (κ3) is 2.86. The summed E-state index contributed by atoms with van der Waals surface area (Å²) in [6.45, 7) is 6.55. The lowest BCUT2D eigenvalue weighted by molar-refractivity contribution is 0.533. The Labute approximate surface area is 89.8 Å². The van der Waals surface area contributed by atoms with E-state index in [-0.39, 0.29) is 0 Å². The number of hydrogen-bond acceptors (Lipinski definition) is 2. The van der Waals surface area contributed by atoms with Gasteiger partial charge in [0.15, 0.2) is 0 Å².